The molecule has 1 aliphatic heterocycles. The van der Waals surface area contributed by atoms with E-state index in [1.54, 1.807) is 24.0 Å². The standard InChI is InChI=1S/C13H18N2O4S/c1-3-5-15(12-4-6-20(17,18)9-12)13(16)8-11-7-10(2)19-14-11/h3,7,12H,1,4-6,8-9H2,2H3. The van der Waals surface area contributed by atoms with Crippen molar-refractivity contribution in [1.29, 1.82) is 0 Å². The molecule has 0 N–H and O–H groups in total. The normalized spacial score (nSPS) is 20.8. The third-order valence-electron chi connectivity index (χ3n) is 3.30. The third-order valence-corrected chi connectivity index (χ3v) is 5.05. The minimum absolute atomic E-state index is 0.0322. The van der Waals surface area contributed by atoms with Gasteiger partial charge in [-0.05, 0) is 13.3 Å². The van der Waals surface area contributed by atoms with Crippen molar-refractivity contribution in [2.75, 3.05) is 18.1 Å². The Morgan fingerprint density at radius 2 is 2.40 bits per heavy atom. The molecule has 20 heavy (non-hydrogen) atoms. The van der Waals surface area contributed by atoms with Gasteiger partial charge in [-0.25, -0.2) is 8.42 Å². The molecule has 6 nitrogen and oxygen atoms in total. The van der Waals surface area contributed by atoms with E-state index in [-0.39, 0.29) is 29.9 Å². The molecule has 0 aliphatic carbocycles. The average Bonchev–Trinajstić information content (AvgIpc) is 2.92. The Morgan fingerprint density at radius 3 is 2.90 bits per heavy atom. The smallest absolute Gasteiger partial charge is 0.229 e. The number of rotatable bonds is 5. The van der Waals surface area contributed by atoms with Gasteiger partial charge in [-0.2, -0.15) is 0 Å². The SMILES string of the molecule is C=CCN(C(=O)Cc1cc(C)on1)C1CCS(=O)(=O)C1. The molecule has 1 aromatic heterocycles. The van der Waals surface area contributed by atoms with Gasteiger partial charge in [0.15, 0.2) is 9.84 Å². The first-order valence-corrected chi connectivity index (χ1v) is 8.26. The zero-order valence-electron chi connectivity index (χ0n) is 11.4. The zero-order chi connectivity index (χ0) is 14.8. The van der Waals surface area contributed by atoms with E-state index in [1.807, 2.05) is 0 Å². The van der Waals surface area contributed by atoms with Gasteiger partial charge in [-0.15, -0.1) is 6.58 Å². The molecule has 0 radical (unpaired) electrons. The predicted molar refractivity (Wildman–Crippen MR) is 73.9 cm³/mol. The van der Waals surface area contributed by atoms with Crippen LogP contribution in [0, 0.1) is 6.92 Å². The van der Waals surface area contributed by atoms with E-state index in [4.69, 9.17) is 4.52 Å². The number of aromatic nitrogens is 1. The summed E-state index contributed by atoms with van der Waals surface area (Å²) >= 11 is 0. The van der Waals surface area contributed by atoms with E-state index < -0.39 is 9.84 Å². The highest BCUT2D eigenvalue weighted by Gasteiger charge is 2.34. The van der Waals surface area contributed by atoms with Crippen LogP contribution >= 0.6 is 0 Å². The molecule has 1 aliphatic rings. The number of aryl methyl sites for hydroxylation is 1. The molecule has 0 bridgehead atoms. The first-order chi connectivity index (χ1) is 9.41. The second-order valence-electron chi connectivity index (χ2n) is 5.00. The molecule has 2 rings (SSSR count). The molecular formula is C13H18N2O4S. The van der Waals surface area contributed by atoms with Crippen LogP contribution in [0.25, 0.3) is 0 Å². The number of hydrogen-bond acceptors (Lipinski definition) is 5. The molecule has 1 unspecified atom stereocenters. The summed E-state index contributed by atoms with van der Waals surface area (Å²) in [5.74, 6) is 0.665. The molecule has 0 spiro atoms. The fourth-order valence-corrected chi connectivity index (χ4v) is 4.10. The molecule has 0 aromatic carbocycles. The van der Waals surface area contributed by atoms with Gasteiger partial charge < -0.3 is 9.42 Å². The van der Waals surface area contributed by atoms with Gasteiger partial charge in [0.05, 0.1) is 23.6 Å². The Balaban J connectivity index is 2.08. The number of hydrogen-bond donors (Lipinski definition) is 0. The molecule has 1 amide bonds. The van der Waals surface area contributed by atoms with Gasteiger partial charge >= 0.3 is 0 Å². The highest BCUT2D eigenvalue weighted by Crippen LogP contribution is 2.19. The summed E-state index contributed by atoms with van der Waals surface area (Å²) in [5.41, 5.74) is 0.558. The van der Waals surface area contributed by atoms with Gasteiger partial charge in [0, 0.05) is 18.7 Å². The summed E-state index contributed by atoms with van der Waals surface area (Å²) in [6, 6.07) is 1.44. The maximum Gasteiger partial charge on any atom is 0.229 e. The zero-order valence-corrected chi connectivity index (χ0v) is 12.2. The first kappa shape index (κ1) is 14.8. The fourth-order valence-electron chi connectivity index (χ4n) is 2.37. The predicted octanol–water partition coefficient (Wildman–Crippen LogP) is 0.727. The maximum absolute atomic E-state index is 12.3. The maximum atomic E-state index is 12.3. The van der Waals surface area contributed by atoms with Crippen molar-refractivity contribution in [3.63, 3.8) is 0 Å². The highest BCUT2D eigenvalue weighted by molar-refractivity contribution is 7.91. The fraction of sp³-hybridized carbons (Fsp3) is 0.538. The largest absolute Gasteiger partial charge is 0.361 e. The monoisotopic (exact) mass is 298 g/mol. The van der Waals surface area contributed by atoms with Crippen LogP contribution in [0.5, 0.6) is 0 Å². The molecule has 2 heterocycles. The van der Waals surface area contributed by atoms with Crippen LogP contribution in [0.4, 0.5) is 0 Å². The Bertz CT molecular complexity index is 606. The van der Waals surface area contributed by atoms with Crippen molar-refractivity contribution >= 4 is 15.7 Å². The minimum atomic E-state index is -3.02. The molecule has 1 fully saturated rings. The average molecular weight is 298 g/mol. The van der Waals surface area contributed by atoms with Crippen molar-refractivity contribution in [3.05, 3.63) is 30.2 Å². The Kier molecular flexibility index (Phi) is 4.27. The summed E-state index contributed by atoms with van der Waals surface area (Å²) in [6.45, 7) is 5.72. The van der Waals surface area contributed by atoms with Crippen LogP contribution in [-0.4, -0.2) is 48.5 Å². The minimum Gasteiger partial charge on any atom is -0.361 e. The van der Waals surface area contributed by atoms with Crippen LogP contribution in [0.3, 0.4) is 0 Å². The molecule has 0 saturated carbocycles. The van der Waals surface area contributed by atoms with Gasteiger partial charge in [-0.3, -0.25) is 4.79 Å². The summed E-state index contributed by atoms with van der Waals surface area (Å²) in [5, 5.41) is 3.79. The summed E-state index contributed by atoms with van der Waals surface area (Å²) in [7, 11) is -3.02. The Morgan fingerprint density at radius 1 is 1.65 bits per heavy atom. The number of sulfone groups is 1. The van der Waals surface area contributed by atoms with Crippen LogP contribution in [-0.2, 0) is 21.1 Å². The molecule has 7 heteroatoms. The van der Waals surface area contributed by atoms with Crippen LogP contribution in [0.2, 0.25) is 0 Å². The van der Waals surface area contributed by atoms with E-state index in [1.165, 1.54) is 0 Å². The van der Waals surface area contributed by atoms with Crippen molar-refractivity contribution in [1.82, 2.24) is 10.1 Å². The number of carbonyl (C=O) groups is 1. The van der Waals surface area contributed by atoms with E-state index in [2.05, 4.69) is 11.7 Å². The Hall–Kier alpha value is -1.63. The van der Waals surface area contributed by atoms with Crippen molar-refractivity contribution in [2.24, 2.45) is 0 Å². The lowest BCUT2D eigenvalue weighted by molar-refractivity contribution is -0.131. The molecule has 110 valence electrons. The summed E-state index contributed by atoms with van der Waals surface area (Å²) < 4.78 is 28.0. The second-order valence-corrected chi connectivity index (χ2v) is 7.23. The van der Waals surface area contributed by atoms with Crippen LogP contribution in [0.15, 0.2) is 23.2 Å². The van der Waals surface area contributed by atoms with Gasteiger partial charge in [-0.1, -0.05) is 11.2 Å². The van der Waals surface area contributed by atoms with E-state index in [9.17, 15) is 13.2 Å². The number of carbonyl (C=O) groups excluding carboxylic acids is 1. The van der Waals surface area contributed by atoms with Crippen molar-refractivity contribution < 1.29 is 17.7 Å². The van der Waals surface area contributed by atoms with E-state index in [0.717, 1.165) is 0 Å². The number of nitrogens with zero attached hydrogens (tertiary/aromatic N) is 2. The molecular weight excluding hydrogens is 280 g/mol. The lowest BCUT2D eigenvalue weighted by Crippen LogP contribution is -2.42. The number of amides is 1. The van der Waals surface area contributed by atoms with Crippen LogP contribution < -0.4 is 0 Å². The lowest BCUT2D eigenvalue weighted by Gasteiger charge is -2.26. The van der Waals surface area contributed by atoms with Gasteiger partial charge in [0.1, 0.15) is 5.76 Å². The highest BCUT2D eigenvalue weighted by atomic mass is 32.2. The van der Waals surface area contributed by atoms with Gasteiger partial charge in [0.2, 0.25) is 5.91 Å². The van der Waals surface area contributed by atoms with Crippen molar-refractivity contribution in [2.45, 2.75) is 25.8 Å². The molecule has 1 aromatic rings. The van der Waals surface area contributed by atoms with Gasteiger partial charge in [0.25, 0.3) is 0 Å². The van der Waals surface area contributed by atoms with E-state index >= 15 is 0 Å². The quantitative estimate of drug-likeness (QED) is 0.749. The summed E-state index contributed by atoms with van der Waals surface area (Å²) in [4.78, 5) is 13.9. The first-order valence-electron chi connectivity index (χ1n) is 6.44. The molecule has 1 atom stereocenters. The van der Waals surface area contributed by atoms with E-state index in [0.29, 0.717) is 24.4 Å². The third kappa shape index (κ3) is 3.47. The second kappa shape index (κ2) is 5.78. The van der Waals surface area contributed by atoms with Crippen LogP contribution in [0.1, 0.15) is 17.9 Å². The van der Waals surface area contributed by atoms with Crippen molar-refractivity contribution in [3.8, 4) is 0 Å². The Labute approximate surface area is 118 Å². The summed E-state index contributed by atoms with van der Waals surface area (Å²) in [6.07, 6.45) is 2.21. The lowest BCUT2D eigenvalue weighted by atomic mass is 10.2. The molecule has 1 saturated heterocycles. The topological polar surface area (TPSA) is 80.5 Å².